The zero-order chi connectivity index (χ0) is 19.9. The van der Waals surface area contributed by atoms with E-state index in [0.29, 0.717) is 29.3 Å². The van der Waals surface area contributed by atoms with Crippen molar-refractivity contribution in [3.63, 3.8) is 0 Å². The topological polar surface area (TPSA) is 77.3 Å². The summed E-state index contributed by atoms with van der Waals surface area (Å²) in [6.45, 7) is 3.52. The van der Waals surface area contributed by atoms with E-state index in [-0.39, 0.29) is 17.8 Å². The lowest BCUT2D eigenvalue weighted by atomic mass is 10.0. The summed E-state index contributed by atoms with van der Waals surface area (Å²) in [5.74, 6) is -0.318. The molecule has 0 aliphatic rings. The maximum atomic E-state index is 13.6. The molecule has 0 aliphatic carbocycles. The van der Waals surface area contributed by atoms with Crippen molar-refractivity contribution in [2.45, 2.75) is 26.7 Å². The van der Waals surface area contributed by atoms with Gasteiger partial charge in [-0.15, -0.1) is 0 Å². The highest BCUT2D eigenvalue weighted by Gasteiger charge is 2.14. The van der Waals surface area contributed by atoms with Gasteiger partial charge in [0.25, 0.3) is 0 Å². The molecule has 0 atom stereocenters. The monoisotopic (exact) mass is 378 g/mol. The van der Waals surface area contributed by atoms with Crippen LogP contribution < -0.4 is 4.84 Å². The average molecular weight is 378 g/mol. The SMILES string of the molecule is CC/C(=N\Oc1ccccn1)c1ccc(CC(=O)c2cncc(F)c2C)nc1. The summed E-state index contributed by atoms with van der Waals surface area (Å²) in [6.07, 6.45) is 6.45. The van der Waals surface area contributed by atoms with E-state index in [1.807, 2.05) is 19.1 Å². The Kier molecular flexibility index (Phi) is 6.16. The maximum Gasteiger partial charge on any atom is 0.248 e. The van der Waals surface area contributed by atoms with Crippen molar-refractivity contribution in [1.82, 2.24) is 15.0 Å². The number of rotatable bonds is 7. The van der Waals surface area contributed by atoms with E-state index in [1.54, 1.807) is 37.5 Å². The minimum absolute atomic E-state index is 0.0648. The van der Waals surface area contributed by atoms with Crippen LogP contribution in [-0.4, -0.2) is 26.4 Å². The quantitative estimate of drug-likeness (QED) is 0.354. The largest absolute Gasteiger partial charge is 0.336 e. The second-order valence-electron chi connectivity index (χ2n) is 6.08. The Morgan fingerprint density at radius 1 is 1.14 bits per heavy atom. The van der Waals surface area contributed by atoms with Crippen molar-refractivity contribution >= 4 is 11.5 Å². The zero-order valence-corrected chi connectivity index (χ0v) is 15.6. The van der Waals surface area contributed by atoms with E-state index in [9.17, 15) is 9.18 Å². The number of hydrogen-bond acceptors (Lipinski definition) is 6. The van der Waals surface area contributed by atoms with Crippen LogP contribution in [0.3, 0.4) is 0 Å². The zero-order valence-electron chi connectivity index (χ0n) is 15.6. The highest BCUT2D eigenvalue weighted by Crippen LogP contribution is 2.14. The first-order valence-electron chi connectivity index (χ1n) is 8.82. The van der Waals surface area contributed by atoms with Crippen molar-refractivity contribution in [3.8, 4) is 5.88 Å². The second-order valence-corrected chi connectivity index (χ2v) is 6.08. The Labute approximate surface area is 162 Å². The third-order valence-electron chi connectivity index (χ3n) is 4.18. The number of Topliss-reactive ketones (excluding diaryl/α,β-unsaturated/α-hetero) is 1. The molecule has 0 bridgehead atoms. The number of carbonyl (C=O) groups is 1. The van der Waals surface area contributed by atoms with Crippen LogP contribution in [0, 0.1) is 12.7 Å². The first-order chi connectivity index (χ1) is 13.6. The van der Waals surface area contributed by atoms with E-state index >= 15 is 0 Å². The highest BCUT2D eigenvalue weighted by molar-refractivity contribution is 6.00. The minimum atomic E-state index is -0.495. The fourth-order valence-corrected chi connectivity index (χ4v) is 2.56. The number of ketones is 1. The van der Waals surface area contributed by atoms with Gasteiger partial charge in [-0.25, -0.2) is 9.37 Å². The van der Waals surface area contributed by atoms with Crippen LogP contribution in [0.15, 0.2) is 60.3 Å². The maximum absolute atomic E-state index is 13.6. The molecule has 0 radical (unpaired) electrons. The predicted octanol–water partition coefficient (Wildman–Crippen LogP) is 3.94. The number of pyridine rings is 3. The lowest BCUT2D eigenvalue weighted by molar-refractivity contribution is 0.0990. The number of hydrogen-bond donors (Lipinski definition) is 0. The van der Waals surface area contributed by atoms with Crippen molar-refractivity contribution in [3.05, 3.63) is 83.3 Å². The third-order valence-corrected chi connectivity index (χ3v) is 4.18. The Morgan fingerprint density at radius 2 is 2.00 bits per heavy atom. The van der Waals surface area contributed by atoms with Crippen LogP contribution in [0.2, 0.25) is 0 Å². The van der Waals surface area contributed by atoms with Gasteiger partial charge in [-0.05, 0) is 37.1 Å². The molecule has 3 heterocycles. The Hall–Kier alpha value is -3.48. The number of nitrogens with zero attached hydrogens (tertiary/aromatic N) is 4. The van der Waals surface area contributed by atoms with Gasteiger partial charge in [-0.2, -0.15) is 0 Å². The number of halogens is 1. The predicted molar refractivity (Wildman–Crippen MR) is 103 cm³/mol. The Balaban J connectivity index is 1.71. The van der Waals surface area contributed by atoms with Crippen LogP contribution in [-0.2, 0) is 6.42 Å². The summed E-state index contributed by atoms with van der Waals surface area (Å²) in [7, 11) is 0. The molecule has 3 aromatic rings. The van der Waals surface area contributed by atoms with Gasteiger partial charge in [0.15, 0.2) is 5.78 Å². The van der Waals surface area contributed by atoms with E-state index in [4.69, 9.17) is 4.84 Å². The van der Waals surface area contributed by atoms with Crippen molar-refractivity contribution < 1.29 is 14.0 Å². The standard InChI is InChI=1S/C21H19FN4O2/c1-3-19(26-28-21-6-4-5-9-24-21)15-7-8-16(25-11-15)10-20(27)17-12-23-13-18(22)14(17)2/h4-9,11-13H,3,10H2,1-2H3/b26-19+. The summed E-state index contributed by atoms with van der Waals surface area (Å²) in [5.41, 5.74) is 2.65. The first-order valence-corrected chi connectivity index (χ1v) is 8.82. The molecule has 28 heavy (non-hydrogen) atoms. The van der Waals surface area contributed by atoms with Crippen LogP contribution in [0.4, 0.5) is 4.39 Å². The summed E-state index contributed by atoms with van der Waals surface area (Å²) < 4.78 is 13.6. The number of carbonyl (C=O) groups excluding carboxylic acids is 1. The number of aromatic nitrogens is 3. The fraction of sp³-hybridized carbons (Fsp3) is 0.190. The molecule has 0 aliphatic heterocycles. The van der Waals surface area contributed by atoms with Crippen molar-refractivity contribution in [2.75, 3.05) is 0 Å². The highest BCUT2D eigenvalue weighted by atomic mass is 19.1. The molecule has 0 amide bonds. The summed E-state index contributed by atoms with van der Waals surface area (Å²) in [5, 5.41) is 4.14. The molecule has 6 nitrogen and oxygen atoms in total. The van der Waals surface area contributed by atoms with Crippen molar-refractivity contribution in [2.24, 2.45) is 5.16 Å². The van der Waals surface area contributed by atoms with E-state index in [1.165, 1.54) is 6.20 Å². The van der Waals surface area contributed by atoms with Crippen LogP contribution in [0.5, 0.6) is 5.88 Å². The molecule has 142 valence electrons. The van der Waals surface area contributed by atoms with E-state index in [0.717, 1.165) is 11.8 Å². The van der Waals surface area contributed by atoms with Crippen LogP contribution in [0.1, 0.15) is 40.5 Å². The lowest BCUT2D eigenvalue weighted by Gasteiger charge is -2.07. The molecule has 0 fully saturated rings. The second kappa shape index (κ2) is 8.94. The van der Waals surface area contributed by atoms with Gasteiger partial charge in [-0.3, -0.25) is 14.8 Å². The van der Waals surface area contributed by atoms with Crippen molar-refractivity contribution in [1.29, 1.82) is 0 Å². The summed E-state index contributed by atoms with van der Waals surface area (Å²) in [4.78, 5) is 29.9. The molecule has 7 heteroatoms. The van der Waals surface area contributed by atoms with Crippen LogP contribution in [0.25, 0.3) is 0 Å². The molecular weight excluding hydrogens is 359 g/mol. The molecule has 0 saturated carbocycles. The summed E-state index contributed by atoms with van der Waals surface area (Å²) >= 11 is 0. The first kappa shape index (κ1) is 19.3. The third kappa shape index (κ3) is 4.62. The lowest BCUT2D eigenvalue weighted by Crippen LogP contribution is -2.09. The number of oxime groups is 1. The van der Waals surface area contributed by atoms with Gasteiger partial charge in [0.2, 0.25) is 5.88 Å². The Bertz CT molecular complexity index is 989. The fourth-order valence-electron chi connectivity index (χ4n) is 2.56. The van der Waals surface area contributed by atoms with Gasteiger partial charge in [0.1, 0.15) is 5.82 Å². The minimum Gasteiger partial charge on any atom is -0.336 e. The molecular formula is C21H19FN4O2. The van der Waals surface area contributed by atoms with E-state index in [2.05, 4.69) is 20.1 Å². The smallest absolute Gasteiger partial charge is 0.248 e. The van der Waals surface area contributed by atoms with Gasteiger partial charge >= 0.3 is 0 Å². The van der Waals surface area contributed by atoms with E-state index < -0.39 is 5.82 Å². The molecule has 3 rings (SSSR count). The molecule has 3 aromatic heterocycles. The Morgan fingerprint density at radius 3 is 2.68 bits per heavy atom. The summed E-state index contributed by atoms with van der Waals surface area (Å²) in [6, 6.07) is 8.90. The average Bonchev–Trinajstić information content (AvgIpc) is 2.72. The molecule has 0 saturated heterocycles. The molecule has 0 unspecified atom stereocenters. The molecule has 0 spiro atoms. The van der Waals surface area contributed by atoms with Gasteiger partial charge in [0, 0.05) is 41.5 Å². The molecule has 0 N–H and O–H groups in total. The van der Waals surface area contributed by atoms with Gasteiger partial charge < -0.3 is 4.84 Å². The van der Waals surface area contributed by atoms with Crippen LogP contribution >= 0.6 is 0 Å². The normalized spacial score (nSPS) is 11.3. The van der Waals surface area contributed by atoms with Gasteiger partial charge in [0.05, 0.1) is 18.3 Å². The van der Waals surface area contributed by atoms with Gasteiger partial charge in [-0.1, -0.05) is 18.1 Å². The molecule has 0 aromatic carbocycles.